The lowest BCUT2D eigenvalue weighted by Crippen LogP contribution is -2.06. The minimum Gasteiger partial charge on any atom is -0.359 e. The Hall–Kier alpha value is -2.73. The number of primary amides is 1. The minimum atomic E-state index is -0.635. The third-order valence-corrected chi connectivity index (χ3v) is 2.30. The predicted octanol–water partition coefficient (Wildman–Crippen LogP) is 2.27. The van der Waals surface area contributed by atoms with E-state index in [0.29, 0.717) is 0 Å². The maximum absolute atomic E-state index is 10.7. The van der Waals surface area contributed by atoms with Gasteiger partial charge in [-0.25, -0.2) is 0 Å². The quantitative estimate of drug-likeness (QED) is 0.786. The largest absolute Gasteiger partial charge is 0.359 e. The molecular formula is C15H12N2O. The lowest BCUT2D eigenvalue weighted by Gasteiger charge is -2.07. The van der Waals surface area contributed by atoms with E-state index in [-0.39, 0.29) is 0 Å². The number of carbonyl (C=O) groups excluding carboxylic acids is 1. The van der Waals surface area contributed by atoms with Gasteiger partial charge in [-0.1, -0.05) is 36.3 Å². The summed E-state index contributed by atoms with van der Waals surface area (Å²) in [6.07, 6.45) is 0. The number of nitrogens with two attached hydrogens (primary N) is 1. The average Bonchev–Trinajstić information content (AvgIpc) is 2.39. The van der Waals surface area contributed by atoms with Crippen LogP contribution in [0.4, 0.5) is 11.4 Å². The summed E-state index contributed by atoms with van der Waals surface area (Å²) in [5, 5.41) is 3.24. The van der Waals surface area contributed by atoms with Crippen molar-refractivity contribution >= 4 is 17.3 Å². The van der Waals surface area contributed by atoms with E-state index in [2.05, 4.69) is 17.2 Å². The normalized spacial score (nSPS) is 9.11. The van der Waals surface area contributed by atoms with Crippen molar-refractivity contribution in [2.75, 3.05) is 5.32 Å². The first-order valence-corrected chi connectivity index (χ1v) is 5.48. The molecule has 2 rings (SSSR count). The van der Waals surface area contributed by atoms with Crippen LogP contribution in [0.3, 0.4) is 0 Å². The van der Waals surface area contributed by atoms with Crippen LogP contribution >= 0.6 is 0 Å². The van der Waals surface area contributed by atoms with E-state index in [9.17, 15) is 4.79 Å². The van der Waals surface area contributed by atoms with Gasteiger partial charge in [-0.05, 0) is 24.3 Å². The number of hydrogen-bond donors (Lipinski definition) is 2. The Balaban J connectivity index is 2.29. The number of nitrogens with one attached hydrogen (secondary N) is 1. The molecule has 0 spiro atoms. The third-order valence-electron chi connectivity index (χ3n) is 2.30. The summed E-state index contributed by atoms with van der Waals surface area (Å²) in [4.78, 5) is 10.7. The van der Waals surface area contributed by atoms with Crippen molar-refractivity contribution in [3.05, 3.63) is 60.2 Å². The minimum absolute atomic E-state index is 0.635. The predicted molar refractivity (Wildman–Crippen MR) is 72.2 cm³/mol. The van der Waals surface area contributed by atoms with Gasteiger partial charge in [0.2, 0.25) is 0 Å². The van der Waals surface area contributed by atoms with Crippen LogP contribution in [0, 0.1) is 11.8 Å². The molecule has 88 valence electrons. The number of amides is 1. The van der Waals surface area contributed by atoms with Gasteiger partial charge in [0.15, 0.2) is 0 Å². The van der Waals surface area contributed by atoms with Gasteiger partial charge in [0.1, 0.15) is 0 Å². The molecule has 0 radical (unpaired) electrons. The van der Waals surface area contributed by atoms with E-state index in [1.807, 2.05) is 54.6 Å². The molecule has 0 saturated carbocycles. The highest BCUT2D eigenvalue weighted by Crippen LogP contribution is 2.19. The summed E-state index contributed by atoms with van der Waals surface area (Å²) < 4.78 is 0. The van der Waals surface area contributed by atoms with Crippen molar-refractivity contribution in [2.24, 2.45) is 5.73 Å². The highest BCUT2D eigenvalue weighted by molar-refractivity contribution is 5.93. The highest BCUT2D eigenvalue weighted by Gasteiger charge is 1.99. The topological polar surface area (TPSA) is 55.1 Å². The maximum Gasteiger partial charge on any atom is 0.293 e. The Morgan fingerprint density at radius 2 is 1.67 bits per heavy atom. The van der Waals surface area contributed by atoms with Crippen LogP contribution in [0.15, 0.2) is 54.6 Å². The third kappa shape index (κ3) is 3.13. The van der Waals surface area contributed by atoms with Crippen LogP contribution in [0.25, 0.3) is 0 Å². The van der Waals surface area contributed by atoms with E-state index in [0.717, 1.165) is 16.9 Å². The van der Waals surface area contributed by atoms with Crippen molar-refractivity contribution < 1.29 is 4.79 Å². The number of para-hydroxylation sites is 2. The SMILES string of the molecule is NC(=O)C#Cc1ccccc1Nc1ccccc1. The zero-order valence-corrected chi connectivity index (χ0v) is 9.68. The van der Waals surface area contributed by atoms with Crippen molar-refractivity contribution in [2.45, 2.75) is 0 Å². The summed E-state index contributed by atoms with van der Waals surface area (Å²) in [6.45, 7) is 0. The molecule has 2 aromatic rings. The molecule has 18 heavy (non-hydrogen) atoms. The van der Waals surface area contributed by atoms with Crippen molar-refractivity contribution in [1.82, 2.24) is 0 Å². The fourth-order valence-electron chi connectivity index (χ4n) is 1.51. The Bertz CT molecular complexity index is 609. The van der Waals surface area contributed by atoms with Gasteiger partial charge in [-0.15, -0.1) is 0 Å². The van der Waals surface area contributed by atoms with Crippen LogP contribution < -0.4 is 11.1 Å². The molecule has 3 N–H and O–H groups in total. The van der Waals surface area contributed by atoms with E-state index in [1.165, 1.54) is 0 Å². The van der Waals surface area contributed by atoms with Crippen LogP contribution in [0.1, 0.15) is 5.56 Å². The van der Waals surface area contributed by atoms with Gasteiger partial charge < -0.3 is 11.1 Å². The molecule has 3 heteroatoms. The zero-order chi connectivity index (χ0) is 12.8. The molecule has 0 heterocycles. The van der Waals surface area contributed by atoms with Crippen molar-refractivity contribution in [1.29, 1.82) is 0 Å². The van der Waals surface area contributed by atoms with Gasteiger partial charge in [0.25, 0.3) is 5.91 Å². The molecule has 0 aliphatic heterocycles. The molecule has 0 aliphatic rings. The first-order chi connectivity index (χ1) is 8.75. The summed E-state index contributed by atoms with van der Waals surface area (Å²) >= 11 is 0. The van der Waals surface area contributed by atoms with E-state index in [4.69, 9.17) is 5.73 Å². The van der Waals surface area contributed by atoms with Gasteiger partial charge >= 0.3 is 0 Å². The van der Waals surface area contributed by atoms with Crippen LogP contribution in [-0.4, -0.2) is 5.91 Å². The molecule has 0 fully saturated rings. The molecule has 0 aliphatic carbocycles. The number of rotatable bonds is 2. The smallest absolute Gasteiger partial charge is 0.293 e. The van der Waals surface area contributed by atoms with Gasteiger partial charge in [-0.3, -0.25) is 4.79 Å². The Morgan fingerprint density at radius 1 is 1.00 bits per heavy atom. The second kappa shape index (κ2) is 5.55. The standard InChI is InChI=1S/C15H12N2O/c16-15(18)11-10-12-6-4-5-9-14(12)17-13-7-2-1-3-8-13/h1-9,17H,(H2,16,18). The van der Waals surface area contributed by atoms with Crippen LogP contribution in [0.2, 0.25) is 0 Å². The average molecular weight is 236 g/mol. The highest BCUT2D eigenvalue weighted by atomic mass is 16.1. The zero-order valence-electron chi connectivity index (χ0n) is 9.68. The lowest BCUT2D eigenvalue weighted by atomic mass is 10.1. The molecule has 1 amide bonds. The molecule has 0 aromatic heterocycles. The lowest BCUT2D eigenvalue weighted by molar-refractivity contribution is -0.112. The molecule has 0 saturated heterocycles. The number of hydrogen-bond acceptors (Lipinski definition) is 2. The maximum atomic E-state index is 10.7. The summed E-state index contributed by atoms with van der Waals surface area (Å²) in [7, 11) is 0. The molecule has 0 unspecified atom stereocenters. The summed E-state index contributed by atoms with van der Waals surface area (Å²) in [6, 6.07) is 17.3. The van der Waals surface area contributed by atoms with Crippen molar-refractivity contribution in [3.63, 3.8) is 0 Å². The molecular weight excluding hydrogens is 224 g/mol. The number of anilines is 2. The molecule has 3 nitrogen and oxygen atoms in total. The molecule has 0 atom stereocenters. The second-order valence-electron chi connectivity index (χ2n) is 3.65. The van der Waals surface area contributed by atoms with E-state index < -0.39 is 5.91 Å². The Morgan fingerprint density at radius 3 is 2.39 bits per heavy atom. The number of carbonyl (C=O) groups is 1. The van der Waals surface area contributed by atoms with Gasteiger partial charge in [0, 0.05) is 17.2 Å². The summed E-state index contributed by atoms with van der Waals surface area (Å²) in [5.41, 5.74) is 7.55. The van der Waals surface area contributed by atoms with E-state index in [1.54, 1.807) is 0 Å². The van der Waals surface area contributed by atoms with Crippen LogP contribution in [0.5, 0.6) is 0 Å². The number of benzene rings is 2. The first kappa shape index (κ1) is 11.7. The fourth-order valence-corrected chi connectivity index (χ4v) is 1.51. The van der Waals surface area contributed by atoms with Crippen LogP contribution in [-0.2, 0) is 4.79 Å². The first-order valence-electron chi connectivity index (χ1n) is 5.48. The monoisotopic (exact) mass is 236 g/mol. The molecule has 0 bridgehead atoms. The van der Waals surface area contributed by atoms with E-state index >= 15 is 0 Å². The Kier molecular flexibility index (Phi) is 3.62. The van der Waals surface area contributed by atoms with Gasteiger partial charge in [0.05, 0.1) is 5.69 Å². The summed E-state index contributed by atoms with van der Waals surface area (Å²) in [5.74, 6) is 4.45. The Labute approximate surface area is 106 Å². The second-order valence-corrected chi connectivity index (χ2v) is 3.65. The fraction of sp³-hybridized carbons (Fsp3) is 0. The van der Waals surface area contributed by atoms with Gasteiger partial charge in [-0.2, -0.15) is 0 Å². The molecule has 2 aromatic carbocycles. The van der Waals surface area contributed by atoms with Crippen molar-refractivity contribution in [3.8, 4) is 11.8 Å².